The number of imidazole rings is 1. The smallest absolute Gasteiger partial charge is 0.328 e. The number of amides is 1. The summed E-state index contributed by atoms with van der Waals surface area (Å²) < 4.78 is 30.9. The van der Waals surface area contributed by atoms with Crippen LogP contribution in [0.2, 0.25) is 0 Å². The Hall–Kier alpha value is -2.17. The van der Waals surface area contributed by atoms with E-state index in [1.165, 1.54) is 19.5 Å². The Morgan fingerprint density at radius 3 is 2.69 bits per heavy atom. The van der Waals surface area contributed by atoms with Gasteiger partial charge >= 0.3 is 5.69 Å². The maximum atomic E-state index is 13.3. The van der Waals surface area contributed by atoms with E-state index in [-0.39, 0.29) is 41.5 Å². The second-order valence-corrected chi connectivity index (χ2v) is 9.92. The Morgan fingerprint density at radius 2 is 1.97 bits per heavy atom. The zero-order chi connectivity index (χ0) is 20.9. The van der Waals surface area contributed by atoms with Gasteiger partial charge in [-0.2, -0.15) is 4.31 Å². The van der Waals surface area contributed by atoms with Crippen LogP contribution in [0.25, 0.3) is 11.0 Å². The molecule has 1 aliphatic carbocycles. The van der Waals surface area contributed by atoms with E-state index in [4.69, 9.17) is 5.11 Å². The van der Waals surface area contributed by atoms with Crippen molar-refractivity contribution in [3.05, 3.63) is 28.7 Å². The van der Waals surface area contributed by atoms with E-state index in [1.807, 2.05) is 0 Å². The maximum absolute atomic E-state index is 13.3. The third-order valence-electron chi connectivity index (χ3n) is 6.47. The summed E-state index contributed by atoms with van der Waals surface area (Å²) in [5.74, 6) is 0.0491. The fourth-order valence-corrected chi connectivity index (χ4v) is 6.19. The lowest BCUT2D eigenvalue weighted by molar-refractivity contribution is -0.135. The van der Waals surface area contributed by atoms with E-state index in [2.05, 4.69) is 5.32 Å². The molecule has 1 amide bonds. The summed E-state index contributed by atoms with van der Waals surface area (Å²) in [6, 6.07) is 4.74. The molecule has 1 aromatic carbocycles. The minimum Gasteiger partial charge on any atom is -0.395 e. The first-order valence-corrected chi connectivity index (χ1v) is 11.2. The highest BCUT2D eigenvalue weighted by Gasteiger charge is 2.49. The van der Waals surface area contributed by atoms with Gasteiger partial charge in [0.15, 0.2) is 0 Å². The lowest BCUT2D eigenvalue weighted by Gasteiger charge is -2.49. The molecule has 2 heterocycles. The summed E-state index contributed by atoms with van der Waals surface area (Å²) in [4.78, 5) is 24.5. The summed E-state index contributed by atoms with van der Waals surface area (Å²) in [7, 11) is -0.449. The lowest BCUT2D eigenvalue weighted by Crippen LogP contribution is -2.56. The molecule has 0 radical (unpaired) electrons. The standard InChI is InChI=1S/C19H26N4O5S/c1-21-16-4-3-13(10-17(16)22(2)19(21)26)29(27,28)23-7-5-12-9-14(15(12)11-23)18(25)20-6-8-24/h3-4,10,12,14-15,24H,5-9,11H2,1-2H3,(H,20,25)/t12-,14-,15-/m1/s1. The molecular weight excluding hydrogens is 396 g/mol. The van der Waals surface area contributed by atoms with Crippen molar-refractivity contribution in [2.75, 3.05) is 26.2 Å². The van der Waals surface area contributed by atoms with Crippen LogP contribution >= 0.6 is 0 Å². The SMILES string of the molecule is Cn1c(=O)n(C)c2cc(S(=O)(=O)N3CC[C@@H]4C[C@@H](C(=O)NCCO)[C@@H]4C3)ccc21. The molecule has 10 heteroatoms. The number of nitrogens with one attached hydrogen (secondary N) is 1. The number of carbonyl (C=O) groups is 1. The van der Waals surface area contributed by atoms with Crippen LogP contribution in [0.3, 0.4) is 0 Å². The average molecular weight is 423 g/mol. The highest BCUT2D eigenvalue weighted by molar-refractivity contribution is 7.89. The first kappa shape index (κ1) is 20.1. The molecule has 2 fully saturated rings. The van der Waals surface area contributed by atoms with Crippen LogP contribution in [-0.4, -0.2) is 59.1 Å². The number of hydrogen-bond donors (Lipinski definition) is 2. The summed E-state index contributed by atoms with van der Waals surface area (Å²) in [6.45, 7) is 0.846. The van der Waals surface area contributed by atoms with Crippen molar-refractivity contribution in [3.63, 3.8) is 0 Å². The number of aliphatic hydroxyl groups is 1. The average Bonchev–Trinajstić information content (AvgIpc) is 2.91. The zero-order valence-corrected chi connectivity index (χ0v) is 17.4. The van der Waals surface area contributed by atoms with E-state index in [1.54, 1.807) is 26.2 Å². The van der Waals surface area contributed by atoms with Crippen molar-refractivity contribution < 1.29 is 18.3 Å². The summed E-state index contributed by atoms with van der Waals surface area (Å²) in [5.41, 5.74) is 1.04. The molecule has 158 valence electrons. The highest BCUT2D eigenvalue weighted by atomic mass is 32.2. The van der Waals surface area contributed by atoms with Gasteiger partial charge < -0.3 is 10.4 Å². The minimum absolute atomic E-state index is 0.00188. The normalized spacial score (nSPS) is 24.9. The number of sulfonamides is 1. The van der Waals surface area contributed by atoms with Crippen LogP contribution in [-0.2, 0) is 28.9 Å². The van der Waals surface area contributed by atoms with Crippen LogP contribution in [0.1, 0.15) is 12.8 Å². The van der Waals surface area contributed by atoms with Crippen LogP contribution in [0.5, 0.6) is 0 Å². The van der Waals surface area contributed by atoms with E-state index in [0.29, 0.717) is 30.0 Å². The number of aryl methyl sites for hydroxylation is 2. The van der Waals surface area contributed by atoms with Gasteiger partial charge in [-0.15, -0.1) is 0 Å². The molecule has 1 saturated heterocycles. The first-order chi connectivity index (χ1) is 13.8. The van der Waals surface area contributed by atoms with E-state index >= 15 is 0 Å². The Labute approximate surface area is 169 Å². The molecule has 1 saturated carbocycles. The molecular formula is C19H26N4O5S. The molecule has 4 rings (SSSR count). The van der Waals surface area contributed by atoms with Crippen molar-refractivity contribution in [1.29, 1.82) is 0 Å². The van der Waals surface area contributed by atoms with Crippen molar-refractivity contribution in [3.8, 4) is 0 Å². The van der Waals surface area contributed by atoms with Gasteiger partial charge in [-0.05, 0) is 42.9 Å². The minimum atomic E-state index is -3.73. The third-order valence-corrected chi connectivity index (χ3v) is 8.33. The highest BCUT2D eigenvalue weighted by Crippen LogP contribution is 2.46. The van der Waals surface area contributed by atoms with Gasteiger partial charge in [0.1, 0.15) is 0 Å². The molecule has 0 spiro atoms. The fraction of sp³-hybridized carbons (Fsp3) is 0.579. The van der Waals surface area contributed by atoms with Gasteiger partial charge in [-0.3, -0.25) is 13.9 Å². The van der Waals surface area contributed by atoms with E-state index < -0.39 is 10.0 Å². The second kappa shape index (κ2) is 7.26. The van der Waals surface area contributed by atoms with Crippen molar-refractivity contribution in [2.45, 2.75) is 17.7 Å². The number of rotatable bonds is 5. The number of aromatic nitrogens is 2. The molecule has 1 aromatic heterocycles. The zero-order valence-electron chi connectivity index (χ0n) is 16.5. The number of aliphatic hydroxyl groups excluding tert-OH is 1. The van der Waals surface area contributed by atoms with Gasteiger partial charge in [0, 0.05) is 39.6 Å². The quantitative estimate of drug-likeness (QED) is 0.683. The Kier molecular flexibility index (Phi) is 5.04. The number of hydrogen-bond acceptors (Lipinski definition) is 5. The third kappa shape index (κ3) is 3.19. The summed E-state index contributed by atoms with van der Waals surface area (Å²) in [5, 5.41) is 11.6. The molecule has 0 unspecified atom stereocenters. The Morgan fingerprint density at radius 1 is 1.24 bits per heavy atom. The van der Waals surface area contributed by atoms with Crippen LogP contribution in [0.4, 0.5) is 0 Å². The van der Waals surface area contributed by atoms with Crippen LogP contribution in [0, 0.1) is 17.8 Å². The monoisotopic (exact) mass is 422 g/mol. The van der Waals surface area contributed by atoms with Gasteiger partial charge in [-0.25, -0.2) is 13.2 Å². The molecule has 3 atom stereocenters. The molecule has 2 aliphatic rings. The summed E-state index contributed by atoms with van der Waals surface area (Å²) in [6.07, 6.45) is 1.51. The number of fused-ring (bicyclic) bond motifs is 2. The summed E-state index contributed by atoms with van der Waals surface area (Å²) >= 11 is 0. The predicted octanol–water partition coefficient (Wildman–Crippen LogP) is -0.368. The number of benzene rings is 1. The van der Waals surface area contributed by atoms with Crippen molar-refractivity contribution >= 4 is 27.0 Å². The van der Waals surface area contributed by atoms with Gasteiger partial charge in [0.25, 0.3) is 0 Å². The predicted molar refractivity (Wildman–Crippen MR) is 107 cm³/mol. The van der Waals surface area contributed by atoms with E-state index in [0.717, 1.165) is 12.8 Å². The Balaban J connectivity index is 1.58. The van der Waals surface area contributed by atoms with Crippen LogP contribution in [0.15, 0.2) is 27.9 Å². The van der Waals surface area contributed by atoms with Crippen molar-refractivity contribution in [1.82, 2.24) is 18.8 Å². The van der Waals surface area contributed by atoms with Gasteiger partial charge in [0.2, 0.25) is 15.9 Å². The molecule has 1 aliphatic heterocycles. The van der Waals surface area contributed by atoms with Gasteiger partial charge in [0.05, 0.1) is 22.5 Å². The van der Waals surface area contributed by atoms with Crippen molar-refractivity contribution in [2.24, 2.45) is 31.8 Å². The topological polar surface area (TPSA) is 114 Å². The second-order valence-electron chi connectivity index (χ2n) is 7.98. The fourth-order valence-electron chi connectivity index (χ4n) is 4.68. The molecule has 9 nitrogen and oxygen atoms in total. The Bertz CT molecular complexity index is 1120. The number of nitrogens with zero attached hydrogens (tertiary/aromatic N) is 3. The van der Waals surface area contributed by atoms with Gasteiger partial charge in [-0.1, -0.05) is 0 Å². The first-order valence-electron chi connectivity index (χ1n) is 9.80. The van der Waals surface area contributed by atoms with Crippen LogP contribution < -0.4 is 11.0 Å². The lowest BCUT2D eigenvalue weighted by atomic mass is 9.61. The molecule has 2 aromatic rings. The molecule has 2 N–H and O–H groups in total. The number of piperidine rings is 1. The molecule has 0 bridgehead atoms. The van der Waals surface area contributed by atoms with E-state index in [9.17, 15) is 18.0 Å². The molecule has 29 heavy (non-hydrogen) atoms. The maximum Gasteiger partial charge on any atom is 0.328 e. The number of carbonyl (C=O) groups excluding carboxylic acids is 1. The largest absolute Gasteiger partial charge is 0.395 e.